The second-order valence-corrected chi connectivity index (χ2v) is 6.06. The van der Waals surface area contributed by atoms with Gasteiger partial charge in [0.15, 0.2) is 0 Å². The molecule has 120 valence electrons. The highest BCUT2D eigenvalue weighted by Gasteiger charge is 2.38. The monoisotopic (exact) mass is 323 g/mol. The minimum Gasteiger partial charge on any atom is -0.336 e. The summed E-state index contributed by atoms with van der Waals surface area (Å²) in [5.74, 6) is -1.13. The van der Waals surface area contributed by atoms with Gasteiger partial charge < -0.3 is 4.52 Å². The van der Waals surface area contributed by atoms with Crippen molar-refractivity contribution in [1.29, 1.82) is 5.26 Å². The van der Waals surface area contributed by atoms with Gasteiger partial charge in [-0.1, -0.05) is 5.16 Å². The molecule has 1 aromatic carbocycles. The summed E-state index contributed by atoms with van der Waals surface area (Å²) in [6, 6.07) is 5.41. The Kier molecular flexibility index (Phi) is 3.03. The van der Waals surface area contributed by atoms with Gasteiger partial charge in [-0.05, 0) is 32.4 Å². The average Bonchev–Trinajstić information content (AvgIpc) is 3.09. The number of hydrogen-bond acceptors (Lipinski definition) is 5. The molecule has 1 N–H and O–H groups in total. The zero-order chi connectivity index (χ0) is 17.0. The first kappa shape index (κ1) is 14.6. The Balaban J connectivity index is 2.02. The number of aromatic amines is 1. The molecule has 0 spiro atoms. The second kappa shape index (κ2) is 4.99. The first-order chi connectivity index (χ1) is 11.5. The van der Waals surface area contributed by atoms with E-state index in [1.54, 1.807) is 19.9 Å². The molecule has 1 aliphatic heterocycles. The van der Waals surface area contributed by atoms with Crippen LogP contribution in [0.5, 0.6) is 0 Å². The average molecular weight is 323 g/mol. The standard InChI is InChI=1S/C17H14FN5O/c1-7-12(6-19)16(15-9(3)23-24-17(15)20-7)11-4-10-8(2)21-22-14(10)5-13(11)18/h4-5,12,16H,1-3H3,(H,21,22). The molecule has 0 saturated carbocycles. The van der Waals surface area contributed by atoms with Gasteiger partial charge in [0.05, 0.1) is 28.8 Å². The van der Waals surface area contributed by atoms with Gasteiger partial charge in [0, 0.05) is 28.8 Å². The lowest BCUT2D eigenvalue weighted by molar-refractivity contribution is 0.423. The third-order valence-electron chi connectivity index (χ3n) is 4.60. The first-order valence-electron chi connectivity index (χ1n) is 7.56. The van der Waals surface area contributed by atoms with Crippen LogP contribution in [-0.4, -0.2) is 21.1 Å². The SMILES string of the molecule is CC1=Nc2onc(C)c2C(c2cc3c(C)[nH]nc3cc2F)C1C#N. The number of H-pyrrole nitrogens is 1. The number of hydrogen-bond donors (Lipinski definition) is 1. The quantitative estimate of drug-likeness (QED) is 0.739. The zero-order valence-electron chi connectivity index (χ0n) is 13.4. The fourth-order valence-electron chi connectivity index (χ4n) is 3.36. The number of nitrogens with one attached hydrogen (secondary N) is 1. The highest BCUT2D eigenvalue weighted by atomic mass is 19.1. The third-order valence-corrected chi connectivity index (χ3v) is 4.60. The van der Waals surface area contributed by atoms with Gasteiger partial charge in [-0.3, -0.25) is 5.10 Å². The number of fused-ring (bicyclic) bond motifs is 2. The van der Waals surface area contributed by atoms with Crippen molar-refractivity contribution in [2.75, 3.05) is 0 Å². The molecule has 0 saturated heterocycles. The maximum Gasteiger partial charge on any atom is 0.254 e. The van der Waals surface area contributed by atoms with Crippen LogP contribution in [0.15, 0.2) is 21.6 Å². The minimum atomic E-state index is -0.574. The first-order valence-corrected chi connectivity index (χ1v) is 7.56. The Bertz CT molecular complexity index is 1040. The molecule has 4 rings (SSSR count). The zero-order valence-corrected chi connectivity index (χ0v) is 13.4. The summed E-state index contributed by atoms with van der Waals surface area (Å²) in [6.07, 6.45) is 0. The lowest BCUT2D eigenvalue weighted by atomic mass is 9.77. The van der Waals surface area contributed by atoms with E-state index in [1.807, 2.05) is 6.92 Å². The lowest BCUT2D eigenvalue weighted by Crippen LogP contribution is -2.24. The summed E-state index contributed by atoms with van der Waals surface area (Å²) in [7, 11) is 0. The number of rotatable bonds is 1. The van der Waals surface area contributed by atoms with Crippen LogP contribution in [0.3, 0.4) is 0 Å². The normalized spacial score (nSPS) is 19.9. The smallest absolute Gasteiger partial charge is 0.254 e. The van der Waals surface area contributed by atoms with Crippen LogP contribution in [0, 0.1) is 36.9 Å². The molecule has 0 bridgehead atoms. The Hall–Kier alpha value is -3.01. The Morgan fingerprint density at radius 2 is 2.08 bits per heavy atom. The van der Waals surface area contributed by atoms with Crippen LogP contribution in [0.2, 0.25) is 0 Å². The number of aliphatic imine (C=N–C) groups is 1. The number of aromatic nitrogens is 3. The van der Waals surface area contributed by atoms with Crippen molar-refractivity contribution >= 4 is 22.5 Å². The van der Waals surface area contributed by atoms with Crippen molar-refractivity contribution in [1.82, 2.24) is 15.4 Å². The van der Waals surface area contributed by atoms with Crippen molar-refractivity contribution in [3.8, 4) is 6.07 Å². The highest BCUT2D eigenvalue weighted by Crippen LogP contribution is 2.45. The number of benzene rings is 1. The molecule has 1 aliphatic rings. The van der Waals surface area contributed by atoms with Crippen LogP contribution in [-0.2, 0) is 0 Å². The second-order valence-electron chi connectivity index (χ2n) is 6.06. The molecule has 2 atom stereocenters. The van der Waals surface area contributed by atoms with Gasteiger partial charge in [-0.15, -0.1) is 0 Å². The van der Waals surface area contributed by atoms with E-state index in [2.05, 4.69) is 26.4 Å². The topological polar surface area (TPSA) is 90.9 Å². The van der Waals surface area contributed by atoms with E-state index in [0.717, 1.165) is 11.1 Å². The fourth-order valence-corrected chi connectivity index (χ4v) is 3.36. The van der Waals surface area contributed by atoms with Gasteiger partial charge in [-0.25, -0.2) is 9.38 Å². The Labute approximate surface area is 137 Å². The van der Waals surface area contributed by atoms with E-state index in [1.165, 1.54) is 6.07 Å². The van der Waals surface area contributed by atoms with E-state index in [-0.39, 0.29) is 0 Å². The van der Waals surface area contributed by atoms with E-state index < -0.39 is 17.7 Å². The molecule has 2 unspecified atom stereocenters. The molecular formula is C17H14FN5O. The van der Waals surface area contributed by atoms with Crippen molar-refractivity contribution < 1.29 is 8.91 Å². The fraction of sp³-hybridized carbons (Fsp3) is 0.294. The summed E-state index contributed by atoms with van der Waals surface area (Å²) in [5, 5.41) is 21.4. The minimum absolute atomic E-state index is 0.352. The van der Waals surface area contributed by atoms with Gasteiger partial charge >= 0.3 is 0 Å². The van der Waals surface area contributed by atoms with Crippen LogP contribution < -0.4 is 0 Å². The Morgan fingerprint density at radius 3 is 2.83 bits per heavy atom. The summed E-state index contributed by atoms with van der Waals surface area (Å²) in [5.41, 5.74) is 3.73. The van der Waals surface area contributed by atoms with Gasteiger partial charge in [0.25, 0.3) is 5.88 Å². The van der Waals surface area contributed by atoms with E-state index in [0.29, 0.717) is 33.9 Å². The summed E-state index contributed by atoms with van der Waals surface area (Å²) < 4.78 is 20.1. The molecule has 0 amide bonds. The molecular weight excluding hydrogens is 309 g/mol. The number of aryl methyl sites for hydroxylation is 2. The van der Waals surface area contributed by atoms with E-state index in [9.17, 15) is 9.65 Å². The van der Waals surface area contributed by atoms with Crippen molar-refractivity contribution in [2.24, 2.45) is 10.9 Å². The van der Waals surface area contributed by atoms with Crippen LogP contribution in [0.25, 0.3) is 10.9 Å². The van der Waals surface area contributed by atoms with Crippen LogP contribution >= 0.6 is 0 Å². The maximum absolute atomic E-state index is 14.8. The predicted octanol–water partition coefficient (Wildman–Crippen LogP) is 3.68. The number of halogens is 1. The van der Waals surface area contributed by atoms with Crippen LogP contribution in [0.4, 0.5) is 10.3 Å². The summed E-state index contributed by atoms with van der Waals surface area (Å²) >= 11 is 0. The number of nitriles is 1. The largest absolute Gasteiger partial charge is 0.336 e. The van der Waals surface area contributed by atoms with E-state index in [4.69, 9.17) is 4.52 Å². The third kappa shape index (κ3) is 1.89. The van der Waals surface area contributed by atoms with E-state index >= 15 is 0 Å². The molecule has 3 aromatic rings. The Morgan fingerprint density at radius 1 is 1.29 bits per heavy atom. The summed E-state index contributed by atoms with van der Waals surface area (Å²) in [6.45, 7) is 5.41. The number of nitrogens with zero attached hydrogens (tertiary/aromatic N) is 4. The molecule has 0 aliphatic carbocycles. The molecule has 0 radical (unpaired) electrons. The van der Waals surface area contributed by atoms with Crippen molar-refractivity contribution in [3.63, 3.8) is 0 Å². The highest BCUT2D eigenvalue weighted by molar-refractivity contribution is 5.92. The molecule has 0 fully saturated rings. The molecule has 2 aromatic heterocycles. The molecule has 3 heterocycles. The lowest BCUT2D eigenvalue weighted by Gasteiger charge is -2.26. The molecule has 24 heavy (non-hydrogen) atoms. The van der Waals surface area contributed by atoms with Gasteiger partial charge in [-0.2, -0.15) is 10.4 Å². The van der Waals surface area contributed by atoms with Crippen molar-refractivity contribution in [3.05, 3.63) is 40.5 Å². The van der Waals surface area contributed by atoms with Crippen LogP contribution in [0.1, 0.15) is 35.4 Å². The molecule has 7 heteroatoms. The predicted molar refractivity (Wildman–Crippen MR) is 85.7 cm³/mol. The summed E-state index contributed by atoms with van der Waals surface area (Å²) in [4.78, 5) is 4.32. The van der Waals surface area contributed by atoms with Gasteiger partial charge in [0.2, 0.25) is 0 Å². The van der Waals surface area contributed by atoms with Gasteiger partial charge in [0.1, 0.15) is 5.82 Å². The molecule has 6 nitrogen and oxygen atoms in total. The maximum atomic E-state index is 14.8. The van der Waals surface area contributed by atoms with Crippen molar-refractivity contribution in [2.45, 2.75) is 26.7 Å².